The first kappa shape index (κ1) is 25.9. The average molecular weight is 555 g/mol. The summed E-state index contributed by atoms with van der Waals surface area (Å²) in [5.74, 6) is -0.973. The highest BCUT2D eigenvalue weighted by Gasteiger charge is 2.37. The lowest BCUT2D eigenvalue weighted by molar-refractivity contribution is -0.136. The monoisotopic (exact) mass is 554 g/mol. The van der Waals surface area contributed by atoms with Gasteiger partial charge >= 0.3 is 0 Å². The van der Waals surface area contributed by atoms with Crippen LogP contribution < -0.4 is 4.90 Å². The molecule has 7 nitrogen and oxygen atoms in total. The number of aromatic nitrogens is 1. The highest BCUT2D eigenvalue weighted by molar-refractivity contribution is 8.18. The normalized spacial score (nSPS) is 16.9. The van der Waals surface area contributed by atoms with E-state index in [1.165, 1.54) is 12.1 Å². The third-order valence-corrected chi connectivity index (χ3v) is 8.20. The Hall–Kier alpha value is -4.37. The molecule has 6 rings (SSSR count). The van der Waals surface area contributed by atoms with E-state index < -0.39 is 11.1 Å². The largest absolute Gasteiger partial charge is 0.368 e. The highest BCUT2D eigenvalue weighted by Crippen LogP contribution is 2.34. The van der Waals surface area contributed by atoms with Gasteiger partial charge in [0.2, 0.25) is 5.91 Å². The maximum absolute atomic E-state index is 13.4. The predicted octanol–water partition coefficient (Wildman–Crippen LogP) is 5.21. The van der Waals surface area contributed by atoms with Crippen molar-refractivity contribution in [3.8, 4) is 0 Å². The van der Waals surface area contributed by atoms with Crippen LogP contribution in [0.4, 0.5) is 14.9 Å². The van der Waals surface area contributed by atoms with Gasteiger partial charge < -0.3 is 14.4 Å². The number of nitrogens with zero attached hydrogens (tertiary/aromatic N) is 4. The molecule has 2 aliphatic rings. The number of hydrogen-bond donors (Lipinski definition) is 0. The zero-order chi connectivity index (χ0) is 27.6. The molecule has 3 amide bonds. The fourth-order valence-electron chi connectivity index (χ4n) is 5.17. The van der Waals surface area contributed by atoms with E-state index in [1.807, 2.05) is 65.4 Å². The zero-order valence-electron chi connectivity index (χ0n) is 21.7. The fourth-order valence-corrected chi connectivity index (χ4v) is 6.00. The van der Waals surface area contributed by atoms with Gasteiger partial charge in [0.15, 0.2) is 0 Å². The van der Waals surface area contributed by atoms with E-state index in [4.69, 9.17) is 0 Å². The van der Waals surface area contributed by atoms with Gasteiger partial charge in [-0.05, 0) is 53.7 Å². The van der Waals surface area contributed by atoms with Crippen LogP contribution in [-0.4, -0.2) is 64.1 Å². The number of thioether (sulfide) groups is 1. The second kappa shape index (κ2) is 11.0. The Morgan fingerprint density at radius 2 is 1.57 bits per heavy atom. The number of carbonyl (C=O) groups excluding carboxylic acids is 3. The fraction of sp³-hybridized carbons (Fsp3) is 0.194. The first-order chi connectivity index (χ1) is 19.5. The van der Waals surface area contributed by atoms with E-state index in [0.717, 1.165) is 44.4 Å². The summed E-state index contributed by atoms with van der Waals surface area (Å²) in [6, 6.07) is 24.2. The molecule has 0 N–H and O–H groups in total. The van der Waals surface area contributed by atoms with Crippen LogP contribution >= 0.6 is 11.8 Å². The maximum Gasteiger partial charge on any atom is 0.294 e. The Bertz CT molecular complexity index is 1610. The van der Waals surface area contributed by atoms with Crippen molar-refractivity contribution in [2.75, 3.05) is 37.6 Å². The smallest absolute Gasteiger partial charge is 0.294 e. The van der Waals surface area contributed by atoms with E-state index in [-0.39, 0.29) is 23.2 Å². The van der Waals surface area contributed by atoms with E-state index in [2.05, 4.69) is 4.90 Å². The molecule has 0 atom stereocenters. The molecule has 1 aromatic heterocycles. The number of carbonyl (C=O) groups is 3. The van der Waals surface area contributed by atoms with Crippen molar-refractivity contribution in [1.82, 2.24) is 14.4 Å². The van der Waals surface area contributed by atoms with E-state index >= 15 is 0 Å². The molecule has 0 aliphatic carbocycles. The highest BCUT2D eigenvalue weighted by atomic mass is 32.2. The van der Waals surface area contributed by atoms with Crippen molar-refractivity contribution >= 4 is 51.5 Å². The molecule has 2 fully saturated rings. The van der Waals surface area contributed by atoms with Gasteiger partial charge in [0.25, 0.3) is 11.1 Å². The Labute approximate surface area is 235 Å². The van der Waals surface area contributed by atoms with E-state index in [1.54, 1.807) is 23.1 Å². The number of piperazine rings is 1. The van der Waals surface area contributed by atoms with Gasteiger partial charge in [-0.15, -0.1) is 0 Å². The number of amides is 3. The second-order valence-corrected chi connectivity index (χ2v) is 10.8. The molecule has 3 heterocycles. The molecule has 0 bridgehead atoms. The van der Waals surface area contributed by atoms with Gasteiger partial charge in [0.1, 0.15) is 12.4 Å². The molecule has 0 radical (unpaired) electrons. The van der Waals surface area contributed by atoms with Gasteiger partial charge in [-0.25, -0.2) is 4.39 Å². The first-order valence-corrected chi connectivity index (χ1v) is 13.9. The van der Waals surface area contributed by atoms with Crippen LogP contribution in [0.3, 0.4) is 0 Å². The summed E-state index contributed by atoms with van der Waals surface area (Å²) in [4.78, 5) is 44.3. The lowest BCUT2D eigenvalue weighted by Crippen LogP contribution is -2.51. The first-order valence-electron chi connectivity index (χ1n) is 13.1. The van der Waals surface area contributed by atoms with Crippen LogP contribution in [0.1, 0.15) is 11.1 Å². The topological polar surface area (TPSA) is 65.9 Å². The Balaban J connectivity index is 1.15. The standard InChI is InChI=1S/C31H27FN4O3S/c32-24-12-10-22(11-13-24)19-35-20-23(26-8-4-5-9-27(26)35)18-28-30(38)36(31(39)40-28)21-29(37)34-16-14-33(15-17-34)25-6-2-1-3-7-25/h1-13,18,20H,14-17,19,21H2/b28-18-. The molecular weight excluding hydrogens is 527 g/mol. The third-order valence-electron chi connectivity index (χ3n) is 7.29. The molecule has 2 aliphatic heterocycles. The van der Waals surface area contributed by atoms with Crippen molar-refractivity contribution in [2.45, 2.75) is 6.54 Å². The minimum absolute atomic E-state index is 0.229. The molecule has 4 aromatic rings. The Morgan fingerprint density at radius 1 is 0.875 bits per heavy atom. The molecule has 3 aromatic carbocycles. The molecular formula is C31H27FN4O3S. The summed E-state index contributed by atoms with van der Waals surface area (Å²) in [7, 11) is 0. The van der Waals surface area contributed by atoms with Crippen molar-refractivity contribution in [1.29, 1.82) is 0 Å². The van der Waals surface area contributed by atoms with Crippen LogP contribution in [0.25, 0.3) is 17.0 Å². The van der Waals surface area contributed by atoms with E-state index in [0.29, 0.717) is 32.7 Å². The quantitative estimate of drug-likeness (QED) is 0.306. The van der Waals surface area contributed by atoms with Crippen LogP contribution in [0.5, 0.6) is 0 Å². The van der Waals surface area contributed by atoms with Crippen molar-refractivity contribution in [2.24, 2.45) is 0 Å². The summed E-state index contributed by atoms with van der Waals surface area (Å²) in [6.07, 6.45) is 3.65. The van der Waals surface area contributed by atoms with Crippen molar-refractivity contribution in [3.63, 3.8) is 0 Å². The summed E-state index contributed by atoms with van der Waals surface area (Å²) >= 11 is 0.855. The van der Waals surface area contributed by atoms with Crippen molar-refractivity contribution < 1.29 is 18.8 Å². The molecule has 202 valence electrons. The number of benzene rings is 3. The molecule has 40 heavy (non-hydrogen) atoms. The number of para-hydroxylation sites is 2. The number of imide groups is 1. The van der Waals surface area contributed by atoms with Gasteiger partial charge in [-0.1, -0.05) is 48.5 Å². The van der Waals surface area contributed by atoms with Crippen LogP contribution in [-0.2, 0) is 16.1 Å². The lowest BCUT2D eigenvalue weighted by Gasteiger charge is -2.36. The minimum atomic E-state index is -0.457. The molecule has 0 spiro atoms. The number of halogens is 1. The van der Waals surface area contributed by atoms with E-state index in [9.17, 15) is 18.8 Å². The molecule has 2 saturated heterocycles. The Kier molecular flexibility index (Phi) is 7.13. The number of fused-ring (bicyclic) bond motifs is 1. The third kappa shape index (κ3) is 5.24. The molecule has 0 unspecified atom stereocenters. The number of rotatable bonds is 6. The van der Waals surface area contributed by atoms with Gasteiger partial charge in [0.05, 0.1) is 4.91 Å². The predicted molar refractivity (Wildman–Crippen MR) is 155 cm³/mol. The van der Waals surface area contributed by atoms with Crippen LogP contribution in [0.2, 0.25) is 0 Å². The summed E-state index contributed by atoms with van der Waals surface area (Å²) < 4.78 is 15.4. The van der Waals surface area contributed by atoms with Crippen LogP contribution in [0.15, 0.2) is 90.0 Å². The summed E-state index contributed by atoms with van der Waals surface area (Å²) in [5.41, 5.74) is 3.82. The van der Waals surface area contributed by atoms with Crippen LogP contribution in [0, 0.1) is 5.82 Å². The van der Waals surface area contributed by atoms with Crippen molar-refractivity contribution in [3.05, 3.63) is 107 Å². The Morgan fingerprint density at radius 3 is 2.33 bits per heavy atom. The summed E-state index contributed by atoms with van der Waals surface area (Å²) in [6.45, 7) is 2.72. The molecule has 9 heteroatoms. The maximum atomic E-state index is 13.4. The average Bonchev–Trinajstić information content (AvgIpc) is 3.46. The van der Waals surface area contributed by atoms with Gasteiger partial charge in [-0.3, -0.25) is 19.3 Å². The number of anilines is 1. The number of hydrogen-bond acceptors (Lipinski definition) is 5. The molecule has 0 saturated carbocycles. The summed E-state index contributed by atoms with van der Waals surface area (Å²) in [5, 5.41) is 0.492. The minimum Gasteiger partial charge on any atom is -0.368 e. The second-order valence-electron chi connectivity index (χ2n) is 9.83. The zero-order valence-corrected chi connectivity index (χ0v) is 22.5. The van der Waals surface area contributed by atoms with Gasteiger partial charge in [0, 0.05) is 61.1 Å². The SMILES string of the molecule is O=C(CN1C(=O)S/C(=C\c2cn(Cc3ccc(F)cc3)c3ccccc23)C1=O)N1CCN(c2ccccc2)CC1. The lowest BCUT2D eigenvalue weighted by atomic mass is 10.1. The van der Waals surface area contributed by atoms with Gasteiger partial charge in [-0.2, -0.15) is 0 Å².